The standard InChI is InChI=1S/C22H33N5O2/c1-16-9-11-26(12-10-16)13-14-29-21-7-5-20(6-8-21)24-22(28)17(2)15-27-19(4)23-18(3)25-27/h5-8,16-17H,9-15H2,1-4H3,(H,24,28)/t17-/m1/s1. The number of benzene rings is 1. The Morgan fingerprint density at radius 2 is 1.93 bits per heavy atom. The SMILES string of the molecule is Cc1nc(C)n(C[C@@H](C)C(=O)Nc2ccc(OCCN3CCC(C)CC3)cc2)n1. The second kappa shape index (κ2) is 9.87. The van der Waals surface area contributed by atoms with Crippen LogP contribution in [0.4, 0.5) is 5.69 Å². The lowest BCUT2D eigenvalue weighted by Crippen LogP contribution is -2.35. The fraction of sp³-hybridized carbons (Fsp3) is 0.591. The Balaban J connectivity index is 1.42. The summed E-state index contributed by atoms with van der Waals surface area (Å²) >= 11 is 0. The molecule has 1 saturated heterocycles. The number of aromatic nitrogens is 3. The van der Waals surface area contributed by atoms with Gasteiger partial charge in [-0.25, -0.2) is 9.67 Å². The van der Waals surface area contributed by atoms with Crippen molar-refractivity contribution >= 4 is 11.6 Å². The van der Waals surface area contributed by atoms with Crippen LogP contribution < -0.4 is 10.1 Å². The van der Waals surface area contributed by atoms with Crippen LogP contribution in [0.3, 0.4) is 0 Å². The Morgan fingerprint density at radius 3 is 2.55 bits per heavy atom. The van der Waals surface area contributed by atoms with Gasteiger partial charge in [-0.05, 0) is 70.0 Å². The van der Waals surface area contributed by atoms with Gasteiger partial charge in [0, 0.05) is 12.2 Å². The summed E-state index contributed by atoms with van der Waals surface area (Å²) in [5.74, 6) is 2.98. The Morgan fingerprint density at radius 1 is 1.24 bits per heavy atom. The normalized spacial score (nSPS) is 16.6. The van der Waals surface area contributed by atoms with E-state index in [1.165, 1.54) is 25.9 Å². The van der Waals surface area contributed by atoms with Gasteiger partial charge in [0.1, 0.15) is 24.0 Å². The van der Waals surface area contributed by atoms with Crippen LogP contribution in [0.5, 0.6) is 5.75 Å². The van der Waals surface area contributed by atoms with Gasteiger partial charge in [0.15, 0.2) is 0 Å². The van der Waals surface area contributed by atoms with Crippen LogP contribution in [0.25, 0.3) is 0 Å². The summed E-state index contributed by atoms with van der Waals surface area (Å²) in [5.41, 5.74) is 0.769. The van der Waals surface area contributed by atoms with Crippen LogP contribution in [0, 0.1) is 25.7 Å². The zero-order valence-electron chi connectivity index (χ0n) is 18.0. The van der Waals surface area contributed by atoms with Crippen LogP contribution in [0.15, 0.2) is 24.3 Å². The Labute approximate surface area is 173 Å². The average molecular weight is 400 g/mol. The van der Waals surface area contributed by atoms with Gasteiger partial charge < -0.3 is 10.1 Å². The van der Waals surface area contributed by atoms with Crippen molar-refractivity contribution in [2.45, 2.75) is 47.1 Å². The highest BCUT2D eigenvalue weighted by Gasteiger charge is 2.17. The third kappa shape index (κ3) is 6.29. The highest BCUT2D eigenvalue weighted by molar-refractivity contribution is 5.92. The van der Waals surface area contributed by atoms with E-state index < -0.39 is 0 Å². The first-order valence-corrected chi connectivity index (χ1v) is 10.5. The number of carbonyl (C=O) groups excluding carboxylic acids is 1. The molecule has 0 spiro atoms. The molecule has 1 atom stereocenters. The highest BCUT2D eigenvalue weighted by Crippen LogP contribution is 2.18. The first-order valence-electron chi connectivity index (χ1n) is 10.5. The summed E-state index contributed by atoms with van der Waals surface area (Å²) in [6.07, 6.45) is 2.56. The van der Waals surface area contributed by atoms with Crippen molar-refractivity contribution in [2.24, 2.45) is 11.8 Å². The fourth-order valence-corrected chi connectivity index (χ4v) is 3.55. The van der Waals surface area contributed by atoms with Crippen LogP contribution in [0.2, 0.25) is 0 Å². The average Bonchev–Trinajstić information content (AvgIpc) is 3.01. The minimum absolute atomic E-state index is 0.0365. The monoisotopic (exact) mass is 399 g/mol. The van der Waals surface area contributed by atoms with Gasteiger partial charge in [-0.1, -0.05) is 13.8 Å². The van der Waals surface area contributed by atoms with Gasteiger partial charge in [-0.2, -0.15) is 5.10 Å². The molecule has 0 bridgehead atoms. The Bertz CT molecular complexity index is 794. The molecule has 1 fully saturated rings. The molecule has 2 aromatic rings. The molecular weight excluding hydrogens is 366 g/mol. The molecule has 1 aliphatic heterocycles. The van der Waals surface area contributed by atoms with E-state index >= 15 is 0 Å². The van der Waals surface area contributed by atoms with Crippen LogP contribution in [-0.4, -0.2) is 51.8 Å². The second-order valence-corrected chi connectivity index (χ2v) is 8.18. The zero-order chi connectivity index (χ0) is 20.8. The number of carbonyl (C=O) groups is 1. The molecule has 0 radical (unpaired) electrons. The molecule has 0 saturated carbocycles. The van der Waals surface area contributed by atoms with Crippen LogP contribution in [0.1, 0.15) is 38.3 Å². The van der Waals surface area contributed by atoms with E-state index in [4.69, 9.17) is 4.74 Å². The molecule has 158 valence electrons. The molecule has 0 aliphatic carbocycles. The van der Waals surface area contributed by atoms with Gasteiger partial charge >= 0.3 is 0 Å². The largest absolute Gasteiger partial charge is 0.492 e. The molecule has 3 rings (SSSR count). The molecule has 1 aromatic carbocycles. The third-order valence-corrected chi connectivity index (χ3v) is 5.53. The van der Waals surface area contributed by atoms with Crippen LogP contribution in [-0.2, 0) is 11.3 Å². The van der Waals surface area contributed by atoms with Gasteiger partial charge in [0.05, 0.1) is 12.5 Å². The number of nitrogens with one attached hydrogen (secondary N) is 1. The summed E-state index contributed by atoms with van der Waals surface area (Å²) in [6, 6.07) is 7.58. The van der Waals surface area contributed by atoms with Gasteiger partial charge in [0.2, 0.25) is 5.91 Å². The predicted molar refractivity (Wildman–Crippen MR) is 114 cm³/mol. The van der Waals surface area contributed by atoms with E-state index in [0.717, 1.165) is 35.5 Å². The first-order chi connectivity index (χ1) is 13.9. The lowest BCUT2D eigenvalue weighted by atomic mass is 9.99. The number of hydrogen-bond acceptors (Lipinski definition) is 5. The Kier molecular flexibility index (Phi) is 7.25. The summed E-state index contributed by atoms with van der Waals surface area (Å²) in [7, 11) is 0. The summed E-state index contributed by atoms with van der Waals surface area (Å²) in [6.45, 7) is 12.5. The molecule has 1 aliphatic rings. The van der Waals surface area contributed by atoms with Crippen LogP contribution >= 0.6 is 0 Å². The zero-order valence-corrected chi connectivity index (χ0v) is 18.0. The number of hydrogen-bond donors (Lipinski definition) is 1. The number of ether oxygens (including phenoxy) is 1. The quantitative estimate of drug-likeness (QED) is 0.737. The minimum Gasteiger partial charge on any atom is -0.492 e. The third-order valence-electron chi connectivity index (χ3n) is 5.53. The molecule has 7 heteroatoms. The highest BCUT2D eigenvalue weighted by atomic mass is 16.5. The van der Waals surface area contributed by atoms with E-state index in [9.17, 15) is 4.79 Å². The lowest BCUT2D eigenvalue weighted by molar-refractivity contribution is -0.119. The number of piperidine rings is 1. The second-order valence-electron chi connectivity index (χ2n) is 8.18. The summed E-state index contributed by atoms with van der Waals surface area (Å²) in [5, 5.41) is 7.29. The molecule has 2 heterocycles. The van der Waals surface area contributed by atoms with E-state index in [1.807, 2.05) is 45.0 Å². The first kappa shape index (κ1) is 21.3. The summed E-state index contributed by atoms with van der Waals surface area (Å²) in [4.78, 5) is 19.2. The number of rotatable bonds is 8. The molecular formula is C22H33N5O2. The minimum atomic E-state index is -0.210. The maximum atomic E-state index is 12.5. The number of nitrogens with zero attached hydrogens (tertiary/aromatic N) is 4. The topological polar surface area (TPSA) is 72.3 Å². The van der Waals surface area contributed by atoms with Gasteiger partial charge in [0.25, 0.3) is 0 Å². The predicted octanol–water partition coefficient (Wildman–Crippen LogP) is 3.28. The van der Waals surface area contributed by atoms with E-state index in [1.54, 1.807) is 4.68 Å². The molecule has 1 N–H and O–H groups in total. The smallest absolute Gasteiger partial charge is 0.229 e. The van der Waals surface area contributed by atoms with Crippen molar-refractivity contribution in [1.82, 2.24) is 19.7 Å². The van der Waals surface area contributed by atoms with Gasteiger partial charge in [-0.3, -0.25) is 9.69 Å². The Hall–Kier alpha value is -2.41. The van der Waals surface area contributed by atoms with Crippen molar-refractivity contribution in [1.29, 1.82) is 0 Å². The molecule has 1 amide bonds. The lowest BCUT2D eigenvalue weighted by Gasteiger charge is -2.29. The maximum Gasteiger partial charge on any atom is 0.229 e. The fourth-order valence-electron chi connectivity index (χ4n) is 3.55. The van der Waals surface area contributed by atoms with Crippen molar-refractivity contribution in [2.75, 3.05) is 31.6 Å². The van der Waals surface area contributed by atoms with E-state index in [0.29, 0.717) is 13.2 Å². The van der Waals surface area contributed by atoms with E-state index in [-0.39, 0.29) is 11.8 Å². The number of aryl methyl sites for hydroxylation is 2. The van der Waals surface area contributed by atoms with E-state index in [2.05, 4.69) is 27.2 Å². The number of likely N-dealkylation sites (tertiary alicyclic amines) is 1. The maximum absolute atomic E-state index is 12.5. The molecule has 0 unspecified atom stereocenters. The molecule has 7 nitrogen and oxygen atoms in total. The number of anilines is 1. The van der Waals surface area contributed by atoms with Crippen molar-refractivity contribution < 1.29 is 9.53 Å². The van der Waals surface area contributed by atoms with Gasteiger partial charge in [-0.15, -0.1) is 0 Å². The number of amides is 1. The van der Waals surface area contributed by atoms with Crippen molar-refractivity contribution in [3.8, 4) is 5.75 Å². The summed E-state index contributed by atoms with van der Waals surface area (Å²) < 4.78 is 7.64. The molecule has 29 heavy (non-hydrogen) atoms. The van der Waals surface area contributed by atoms with Crippen molar-refractivity contribution in [3.63, 3.8) is 0 Å². The molecule has 1 aromatic heterocycles. The van der Waals surface area contributed by atoms with Crippen molar-refractivity contribution in [3.05, 3.63) is 35.9 Å².